The van der Waals surface area contributed by atoms with E-state index in [2.05, 4.69) is 20.6 Å². The van der Waals surface area contributed by atoms with E-state index in [-0.39, 0.29) is 10.7 Å². The summed E-state index contributed by atoms with van der Waals surface area (Å²) in [7, 11) is 1.71. The normalized spacial score (nSPS) is 10.4. The molecule has 0 radical (unpaired) electrons. The lowest BCUT2D eigenvalue weighted by atomic mass is 10.2. The number of rotatable bonds is 3. The number of aromatic nitrogens is 2. The predicted octanol–water partition coefficient (Wildman–Crippen LogP) is 3.50. The maximum absolute atomic E-state index is 13.7. The first-order valence-corrected chi connectivity index (χ1v) is 5.81. The van der Waals surface area contributed by atoms with Crippen LogP contribution in [0.25, 0.3) is 0 Å². The van der Waals surface area contributed by atoms with Crippen molar-refractivity contribution in [3.05, 3.63) is 40.7 Å². The molecule has 2 aromatic rings. The van der Waals surface area contributed by atoms with Crippen LogP contribution in [0.1, 0.15) is 5.56 Å². The molecule has 0 spiro atoms. The van der Waals surface area contributed by atoms with E-state index < -0.39 is 11.6 Å². The van der Waals surface area contributed by atoms with Crippen LogP contribution in [0.5, 0.6) is 0 Å². The van der Waals surface area contributed by atoms with Gasteiger partial charge in [0.15, 0.2) is 5.82 Å². The highest BCUT2D eigenvalue weighted by molar-refractivity contribution is 6.33. The van der Waals surface area contributed by atoms with Gasteiger partial charge in [0.05, 0.1) is 10.7 Å². The number of nitrogens with zero attached hydrogens (tertiary/aromatic N) is 2. The van der Waals surface area contributed by atoms with E-state index >= 15 is 0 Å². The highest BCUT2D eigenvalue weighted by Gasteiger charge is 2.13. The maximum atomic E-state index is 13.7. The third kappa shape index (κ3) is 2.73. The van der Waals surface area contributed by atoms with Crippen LogP contribution >= 0.6 is 11.6 Å². The van der Waals surface area contributed by atoms with Gasteiger partial charge in [0, 0.05) is 18.7 Å². The SMILES string of the molecule is CNc1ncnc(Nc2c(F)cc(F)cc2Cl)c1C. The van der Waals surface area contributed by atoms with E-state index in [1.165, 1.54) is 6.33 Å². The highest BCUT2D eigenvalue weighted by Crippen LogP contribution is 2.30. The van der Waals surface area contributed by atoms with Gasteiger partial charge in [0.1, 0.15) is 23.8 Å². The standard InChI is InChI=1S/C12H11ClF2N4/c1-6-11(16-2)17-5-18-12(6)19-10-8(13)3-7(14)4-9(10)15/h3-5H,1-2H3,(H2,16,17,18,19). The maximum Gasteiger partial charge on any atom is 0.151 e. The predicted molar refractivity (Wildman–Crippen MR) is 71.0 cm³/mol. The lowest BCUT2D eigenvalue weighted by molar-refractivity contribution is 0.586. The third-order valence-electron chi connectivity index (χ3n) is 2.57. The second-order valence-corrected chi connectivity index (χ2v) is 4.22. The van der Waals surface area contributed by atoms with Gasteiger partial charge in [-0.1, -0.05) is 11.6 Å². The Labute approximate surface area is 113 Å². The van der Waals surface area contributed by atoms with Crippen molar-refractivity contribution < 1.29 is 8.78 Å². The van der Waals surface area contributed by atoms with E-state index in [4.69, 9.17) is 11.6 Å². The number of hydrogen-bond donors (Lipinski definition) is 2. The van der Waals surface area contributed by atoms with Gasteiger partial charge in [-0.25, -0.2) is 18.7 Å². The molecule has 0 aliphatic heterocycles. The first-order chi connectivity index (χ1) is 9.02. The molecule has 4 nitrogen and oxygen atoms in total. The monoisotopic (exact) mass is 284 g/mol. The zero-order chi connectivity index (χ0) is 14.0. The van der Waals surface area contributed by atoms with E-state index in [0.29, 0.717) is 17.2 Å². The Bertz CT molecular complexity index is 596. The Balaban J connectivity index is 2.42. The molecule has 0 aliphatic rings. The molecule has 0 amide bonds. The van der Waals surface area contributed by atoms with Gasteiger partial charge in [-0.3, -0.25) is 0 Å². The molecule has 0 saturated heterocycles. The Kier molecular flexibility index (Phi) is 3.80. The summed E-state index contributed by atoms with van der Waals surface area (Å²) in [6, 6.07) is 1.78. The number of hydrogen-bond acceptors (Lipinski definition) is 4. The van der Waals surface area contributed by atoms with Crippen molar-refractivity contribution in [1.82, 2.24) is 9.97 Å². The van der Waals surface area contributed by atoms with Gasteiger partial charge in [-0.15, -0.1) is 0 Å². The molecule has 0 aliphatic carbocycles. The van der Waals surface area contributed by atoms with Gasteiger partial charge >= 0.3 is 0 Å². The number of halogens is 3. The van der Waals surface area contributed by atoms with E-state index in [0.717, 1.165) is 12.1 Å². The summed E-state index contributed by atoms with van der Waals surface area (Å²) in [6.45, 7) is 1.77. The minimum Gasteiger partial charge on any atom is -0.373 e. The molecular formula is C12H11ClF2N4. The van der Waals surface area contributed by atoms with Crippen LogP contribution < -0.4 is 10.6 Å². The summed E-state index contributed by atoms with van der Waals surface area (Å²) in [5.74, 6) is -0.514. The van der Waals surface area contributed by atoms with E-state index in [1.54, 1.807) is 14.0 Å². The van der Waals surface area contributed by atoms with Gasteiger partial charge in [0.2, 0.25) is 0 Å². The average Bonchev–Trinajstić information content (AvgIpc) is 2.35. The smallest absolute Gasteiger partial charge is 0.151 e. The molecule has 7 heteroatoms. The Morgan fingerprint density at radius 3 is 2.47 bits per heavy atom. The Hall–Kier alpha value is -1.95. The summed E-state index contributed by atoms with van der Waals surface area (Å²) < 4.78 is 26.6. The molecule has 1 aromatic heterocycles. The van der Waals surface area contributed by atoms with Gasteiger partial charge < -0.3 is 10.6 Å². The molecule has 0 unspecified atom stereocenters. The van der Waals surface area contributed by atoms with E-state index in [9.17, 15) is 8.78 Å². The fourth-order valence-electron chi connectivity index (χ4n) is 1.61. The largest absolute Gasteiger partial charge is 0.373 e. The van der Waals surface area contributed by atoms with Crippen molar-refractivity contribution in [3.8, 4) is 0 Å². The van der Waals surface area contributed by atoms with Crippen LogP contribution in [-0.2, 0) is 0 Å². The summed E-state index contributed by atoms with van der Waals surface area (Å²) in [6.07, 6.45) is 1.33. The van der Waals surface area contributed by atoms with Crippen molar-refractivity contribution in [2.75, 3.05) is 17.7 Å². The molecule has 0 bridgehead atoms. The summed E-state index contributed by atoms with van der Waals surface area (Å²) in [5, 5.41) is 5.57. The van der Waals surface area contributed by atoms with Gasteiger partial charge in [-0.05, 0) is 13.0 Å². The zero-order valence-electron chi connectivity index (χ0n) is 10.3. The molecule has 19 heavy (non-hydrogen) atoms. The molecular weight excluding hydrogens is 274 g/mol. The second-order valence-electron chi connectivity index (χ2n) is 3.82. The lowest BCUT2D eigenvalue weighted by Gasteiger charge is -2.12. The molecule has 2 N–H and O–H groups in total. The van der Waals surface area contributed by atoms with Crippen molar-refractivity contribution in [3.63, 3.8) is 0 Å². The first kappa shape index (κ1) is 13.5. The number of nitrogens with one attached hydrogen (secondary N) is 2. The van der Waals surface area contributed by atoms with E-state index in [1.807, 2.05) is 0 Å². The second kappa shape index (κ2) is 5.36. The van der Waals surface area contributed by atoms with Crippen molar-refractivity contribution >= 4 is 28.9 Å². The molecule has 1 heterocycles. The number of anilines is 3. The fraction of sp³-hybridized carbons (Fsp3) is 0.167. The van der Waals surface area contributed by atoms with Crippen LogP contribution in [0.15, 0.2) is 18.5 Å². The minimum atomic E-state index is -0.783. The summed E-state index contributed by atoms with van der Waals surface area (Å²) in [4.78, 5) is 8.01. The van der Waals surface area contributed by atoms with Crippen LogP contribution in [-0.4, -0.2) is 17.0 Å². The van der Waals surface area contributed by atoms with Crippen LogP contribution in [0.2, 0.25) is 5.02 Å². The molecule has 0 saturated carbocycles. The topological polar surface area (TPSA) is 49.8 Å². The summed E-state index contributed by atoms with van der Waals surface area (Å²) in [5.41, 5.74) is 0.678. The highest BCUT2D eigenvalue weighted by atomic mass is 35.5. The zero-order valence-corrected chi connectivity index (χ0v) is 11.0. The van der Waals surface area contributed by atoms with Crippen molar-refractivity contribution in [1.29, 1.82) is 0 Å². The van der Waals surface area contributed by atoms with Crippen molar-refractivity contribution in [2.45, 2.75) is 6.92 Å². The summed E-state index contributed by atoms with van der Waals surface area (Å²) >= 11 is 5.81. The molecule has 0 fully saturated rings. The lowest BCUT2D eigenvalue weighted by Crippen LogP contribution is -2.04. The minimum absolute atomic E-state index is 0.0214. The van der Waals surface area contributed by atoms with Gasteiger partial charge in [0.25, 0.3) is 0 Å². The quantitative estimate of drug-likeness (QED) is 0.906. The molecule has 2 rings (SSSR count). The van der Waals surface area contributed by atoms with Crippen LogP contribution in [0, 0.1) is 18.6 Å². The average molecular weight is 285 g/mol. The Morgan fingerprint density at radius 1 is 1.16 bits per heavy atom. The molecule has 1 aromatic carbocycles. The number of benzene rings is 1. The molecule has 0 atom stereocenters. The third-order valence-corrected chi connectivity index (χ3v) is 2.87. The molecule has 100 valence electrons. The van der Waals surface area contributed by atoms with Crippen LogP contribution in [0.4, 0.5) is 26.1 Å². The Morgan fingerprint density at radius 2 is 1.84 bits per heavy atom. The fourth-order valence-corrected chi connectivity index (χ4v) is 1.85. The van der Waals surface area contributed by atoms with Crippen LogP contribution in [0.3, 0.4) is 0 Å². The first-order valence-electron chi connectivity index (χ1n) is 5.44. The van der Waals surface area contributed by atoms with Gasteiger partial charge in [-0.2, -0.15) is 0 Å². The van der Waals surface area contributed by atoms with Crippen molar-refractivity contribution in [2.24, 2.45) is 0 Å².